The van der Waals surface area contributed by atoms with Crippen molar-refractivity contribution in [2.75, 3.05) is 17.9 Å². The van der Waals surface area contributed by atoms with Crippen LogP contribution in [0.4, 0.5) is 5.69 Å². The monoisotopic (exact) mass is 497 g/mol. The summed E-state index contributed by atoms with van der Waals surface area (Å²) in [6, 6.07) is 12.1. The van der Waals surface area contributed by atoms with E-state index in [-0.39, 0.29) is 28.3 Å². The third-order valence-corrected chi connectivity index (χ3v) is 9.18. The number of carbonyl (C=O) groups excluding carboxylic acids is 2. The molecule has 0 heterocycles. The summed E-state index contributed by atoms with van der Waals surface area (Å²) >= 11 is 0. The van der Waals surface area contributed by atoms with Gasteiger partial charge in [-0.1, -0.05) is 0 Å². The van der Waals surface area contributed by atoms with Crippen molar-refractivity contribution in [2.24, 2.45) is 23.2 Å². The number of Topliss-reactive ketones (excluding diaryl/α,β-unsaturated/α-hetero) is 1. The van der Waals surface area contributed by atoms with Gasteiger partial charge in [-0.05, 0) is 112 Å². The molecule has 0 amide bonds. The van der Waals surface area contributed by atoms with Crippen molar-refractivity contribution in [1.29, 1.82) is 0 Å². The van der Waals surface area contributed by atoms with Crippen LogP contribution in [0, 0.1) is 23.2 Å². The highest BCUT2D eigenvalue weighted by molar-refractivity contribution is 7.92. The zero-order valence-electron chi connectivity index (χ0n) is 19.9. The van der Waals surface area contributed by atoms with Crippen LogP contribution in [-0.4, -0.2) is 33.4 Å². The standard InChI is InChI=1S/C27H31NO6S/c1-2-33-23-7-9-24(10-8-23)35(31,32)28-22-5-3-21(4-6-22)26(30)34-17-25(29)27-14-18-11-19(15-27)13-20(12-18)16-27/h3-10,18-20,28H,2,11-17H2,1H3. The first-order valence-corrected chi connectivity index (χ1v) is 13.8. The van der Waals surface area contributed by atoms with E-state index in [4.69, 9.17) is 9.47 Å². The lowest BCUT2D eigenvalue weighted by Crippen LogP contribution is -2.51. The molecule has 0 radical (unpaired) electrons. The minimum Gasteiger partial charge on any atom is -0.494 e. The predicted molar refractivity (Wildman–Crippen MR) is 131 cm³/mol. The van der Waals surface area contributed by atoms with Crippen LogP contribution in [-0.2, 0) is 19.6 Å². The summed E-state index contributed by atoms with van der Waals surface area (Å²) in [6.45, 7) is 2.15. The summed E-state index contributed by atoms with van der Waals surface area (Å²) in [6.07, 6.45) is 6.58. The van der Waals surface area contributed by atoms with Crippen LogP contribution < -0.4 is 9.46 Å². The van der Waals surface area contributed by atoms with Gasteiger partial charge in [0.15, 0.2) is 12.4 Å². The van der Waals surface area contributed by atoms with Gasteiger partial charge >= 0.3 is 5.97 Å². The fourth-order valence-electron chi connectivity index (χ4n) is 6.59. The lowest BCUT2D eigenvalue weighted by atomic mass is 9.48. The van der Waals surface area contributed by atoms with Gasteiger partial charge in [0, 0.05) is 11.1 Å². The van der Waals surface area contributed by atoms with Gasteiger partial charge in [0.2, 0.25) is 0 Å². The van der Waals surface area contributed by atoms with Crippen molar-refractivity contribution in [2.45, 2.75) is 50.3 Å². The van der Waals surface area contributed by atoms with E-state index in [1.807, 2.05) is 6.92 Å². The van der Waals surface area contributed by atoms with Gasteiger partial charge in [0.1, 0.15) is 5.75 Å². The highest BCUT2D eigenvalue weighted by atomic mass is 32.2. The highest BCUT2D eigenvalue weighted by Crippen LogP contribution is 2.60. The maximum atomic E-state index is 13.1. The summed E-state index contributed by atoms with van der Waals surface area (Å²) in [5.74, 6) is 2.03. The Hall–Kier alpha value is -2.87. The number of ketones is 1. The Morgan fingerprint density at radius 1 is 0.914 bits per heavy atom. The van der Waals surface area contributed by atoms with E-state index in [0.29, 0.717) is 35.8 Å². The van der Waals surface area contributed by atoms with E-state index in [9.17, 15) is 18.0 Å². The van der Waals surface area contributed by atoms with Crippen molar-refractivity contribution >= 4 is 27.5 Å². The smallest absolute Gasteiger partial charge is 0.338 e. The average molecular weight is 498 g/mol. The number of rotatable bonds is 9. The number of hydrogen-bond acceptors (Lipinski definition) is 6. The Morgan fingerprint density at radius 3 is 2.03 bits per heavy atom. The lowest BCUT2D eigenvalue weighted by molar-refractivity contribution is -0.147. The Morgan fingerprint density at radius 2 is 1.49 bits per heavy atom. The summed E-state index contributed by atoms with van der Waals surface area (Å²) in [5.41, 5.74) is 0.297. The zero-order chi connectivity index (χ0) is 24.6. The van der Waals surface area contributed by atoms with Gasteiger partial charge in [0.25, 0.3) is 10.0 Å². The normalized spacial score (nSPS) is 26.8. The molecule has 7 nitrogen and oxygen atoms in total. The molecule has 1 N–H and O–H groups in total. The second kappa shape index (κ2) is 9.30. The van der Waals surface area contributed by atoms with Crippen LogP contribution in [0.1, 0.15) is 55.8 Å². The third kappa shape index (κ3) is 4.94. The molecule has 8 heteroatoms. The zero-order valence-corrected chi connectivity index (χ0v) is 20.7. The molecule has 186 valence electrons. The largest absolute Gasteiger partial charge is 0.494 e. The molecule has 0 spiro atoms. The van der Waals surface area contributed by atoms with Crippen LogP contribution in [0.3, 0.4) is 0 Å². The Kier molecular flexibility index (Phi) is 6.34. The first kappa shape index (κ1) is 23.9. The topological polar surface area (TPSA) is 98.8 Å². The van der Waals surface area contributed by atoms with Crippen LogP contribution in [0.25, 0.3) is 0 Å². The van der Waals surface area contributed by atoms with Gasteiger partial charge in [0.05, 0.1) is 17.1 Å². The molecule has 0 atom stereocenters. The van der Waals surface area contributed by atoms with Crippen molar-refractivity contribution in [3.63, 3.8) is 0 Å². The van der Waals surface area contributed by atoms with E-state index in [2.05, 4.69) is 4.72 Å². The van der Waals surface area contributed by atoms with Crippen LogP contribution in [0.5, 0.6) is 5.75 Å². The predicted octanol–water partition coefficient (Wildman–Crippen LogP) is 4.83. The van der Waals surface area contributed by atoms with Crippen LogP contribution >= 0.6 is 0 Å². The molecular weight excluding hydrogens is 466 g/mol. The van der Waals surface area contributed by atoms with E-state index in [1.165, 1.54) is 55.7 Å². The fraction of sp³-hybridized carbons (Fsp3) is 0.481. The van der Waals surface area contributed by atoms with E-state index >= 15 is 0 Å². The first-order chi connectivity index (χ1) is 16.8. The molecule has 6 rings (SSSR count). The molecule has 4 saturated carbocycles. The molecule has 4 fully saturated rings. The highest BCUT2D eigenvalue weighted by Gasteiger charge is 2.54. The average Bonchev–Trinajstić information content (AvgIpc) is 2.82. The van der Waals surface area contributed by atoms with Crippen molar-refractivity contribution in [1.82, 2.24) is 0 Å². The molecule has 0 saturated heterocycles. The van der Waals surface area contributed by atoms with Gasteiger partial charge in [-0.2, -0.15) is 0 Å². The maximum absolute atomic E-state index is 13.1. The number of benzene rings is 2. The number of esters is 1. The Balaban J connectivity index is 1.17. The molecule has 0 aliphatic heterocycles. The first-order valence-electron chi connectivity index (χ1n) is 12.3. The quantitative estimate of drug-likeness (QED) is 0.499. The lowest BCUT2D eigenvalue weighted by Gasteiger charge is -2.55. The number of hydrogen-bond donors (Lipinski definition) is 1. The Labute approximate surface area is 206 Å². The minimum atomic E-state index is -3.79. The van der Waals surface area contributed by atoms with Gasteiger partial charge in [-0.25, -0.2) is 13.2 Å². The molecule has 2 aromatic carbocycles. The van der Waals surface area contributed by atoms with Gasteiger partial charge in [-0.15, -0.1) is 0 Å². The number of ether oxygens (including phenoxy) is 2. The number of carbonyl (C=O) groups is 2. The molecule has 35 heavy (non-hydrogen) atoms. The number of nitrogens with one attached hydrogen (secondary N) is 1. The minimum absolute atomic E-state index is 0.0599. The van der Waals surface area contributed by atoms with Gasteiger partial charge < -0.3 is 9.47 Å². The second-order valence-electron chi connectivity index (χ2n) is 10.3. The third-order valence-electron chi connectivity index (χ3n) is 7.78. The van der Waals surface area contributed by atoms with Crippen molar-refractivity contribution < 1.29 is 27.5 Å². The van der Waals surface area contributed by atoms with E-state index in [0.717, 1.165) is 19.3 Å². The van der Waals surface area contributed by atoms with Crippen LogP contribution in [0.2, 0.25) is 0 Å². The molecule has 0 unspecified atom stereocenters. The SMILES string of the molecule is CCOc1ccc(S(=O)(=O)Nc2ccc(C(=O)OCC(=O)C34CC5CC(CC(C5)C3)C4)cc2)cc1. The molecule has 4 bridgehead atoms. The summed E-state index contributed by atoms with van der Waals surface area (Å²) in [7, 11) is -3.79. The fourth-order valence-corrected chi connectivity index (χ4v) is 7.65. The second-order valence-corrected chi connectivity index (χ2v) is 12.0. The Bertz CT molecular complexity index is 1170. The van der Waals surface area contributed by atoms with Gasteiger partial charge in [-0.3, -0.25) is 9.52 Å². The van der Waals surface area contributed by atoms with E-state index < -0.39 is 16.0 Å². The molecular formula is C27H31NO6S. The van der Waals surface area contributed by atoms with Crippen molar-refractivity contribution in [3.8, 4) is 5.75 Å². The van der Waals surface area contributed by atoms with Crippen LogP contribution in [0.15, 0.2) is 53.4 Å². The summed E-state index contributed by atoms with van der Waals surface area (Å²) in [4.78, 5) is 25.7. The molecule has 2 aromatic rings. The number of sulfonamides is 1. The summed E-state index contributed by atoms with van der Waals surface area (Å²) in [5, 5.41) is 0. The molecule has 4 aliphatic carbocycles. The molecule has 0 aromatic heterocycles. The summed E-state index contributed by atoms with van der Waals surface area (Å²) < 4.78 is 38.5. The molecule has 4 aliphatic rings. The number of anilines is 1. The van der Waals surface area contributed by atoms with Crippen molar-refractivity contribution in [3.05, 3.63) is 54.1 Å². The van der Waals surface area contributed by atoms with E-state index in [1.54, 1.807) is 12.1 Å². The maximum Gasteiger partial charge on any atom is 0.338 e.